The third kappa shape index (κ3) is 5.58. The molecule has 7 heteroatoms. The van der Waals surface area contributed by atoms with Crippen LogP contribution in [0.4, 0.5) is 0 Å². The molecule has 2 heterocycles. The van der Waals surface area contributed by atoms with Gasteiger partial charge in [0.1, 0.15) is 6.61 Å². The van der Waals surface area contributed by atoms with Crippen molar-refractivity contribution in [1.82, 2.24) is 9.80 Å². The van der Waals surface area contributed by atoms with Gasteiger partial charge in [-0.15, -0.1) is 11.3 Å². The number of carbonyl (C=O) groups is 1. The summed E-state index contributed by atoms with van der Waals surface area (Å²) in [6.45, 7) is 5.56. The lowest BCUT2D eigenvalue weighted by Gasteiger charge is -2.36. The Morgan fingerprint density at radius 1 is 1.42 bits per heavy atom. The highest BCUT2D eigenvalue weighted by Crippen LogP contribution is 2.16. The van der Waals surface area contributed by atoms with E-state index in [9.17, 15) is 4.79 Å². The Bertz CT molecular complexity index is 525. The molecule has 2 rings (SSSR count). The van der Waals surface area contributed by atoms with Gasteiger partial charge in [-0.1, -0.05) is 6.07 Å². The van der Waals surface area contributed by atoms with Gasteiger partial charge in [-0.2, -0.15) is 4.99 Å². The molecule has 0 bridgehead atoms. The molecule has 1 saturated heterocycles. The van der Waals surface area contributed by atoms with Crippen molar-refractivity contribution in [3.05, 3.63) is 22.4 Å². The first-order chi connectivity index (χ1) is 11.6. The first kappa shape index (κ1) is 18.9. The zero-order chi connectivity index (χ0) is 17.4. The third-order valence-corrected chi connectivity index (χ3v) is 4.99. The Hall–Kier alpha value is -1.44. The minimum atomic E-state index is -0.254. The van der Waals surface area contributed by atoms with E-state index in [2.05, 4.69) is 16.9 Å². The lowest BCUT2D eigenvalue weighted by atomic mass is 10.0. The van der Waals surface area contributed by atoms with Crippen molar-refractivity contribution in [1.29, 1.82) is 0 Å². The van der Waals surface area contributed by atoms with Crippen LogP contribution in [-0.4, -0.2) is 74.8 Å². The van der Waals surface area contributed by atoms with E-state index in [0.717, 1.165) is 25.9 Å². The van der Waals surface area contributed by atoms with Gasteiger partial charge in [0, 0.05) is 19.7 Å². The van der Waals surface area contributed by atoms with Gasteiger partial charge in [-0.3, -0.25) is 4.79 Å². The number of piperidine rings is 1. The number of aliphatic imine (C=N–C) groups is 1. The van der Waals surface area contributed by atoms with Crippen LogP contribution in [0.15, 0.2) is 22.5 Å². The van der Waals surface area contributed by atoms with Gasteiger partial charge < -0.3 is 19.3 Å². The Morgan fingerprint density at radius 2 is 2.17 bits per heavy atom. The summed E-state index contributed by atoms with van der Waals surface area (Å²) < 4.78 is 11.1. The molecule has 0 radical (unpaired) electrons. The summed E-state index contributed by atoms with van der Waals surface area (Å²) in [6.07, 6.45) is 2.07. The van der Waals surface area contributed by atoms with Gasteiger partial charge in [0.05, 0.1) is 11.5 Å². The second-order valence-electron chi connectivity index (χ2n) is 5.87. The first-order valence-corrected chi connectivity index (χ1v) is 9.28. The van der Waals surface area contributed by atoms with E-state index in [1.54, 1.807) is 6.07 Å². The predicted octanol–water partition coefficient (Wildman–Crippen LogP) is 2.32. The summed E-state index contributed by atoms with van der Waals surface area (Å²) in [6, 6.07) is 4.36. The number of rotatable bonds is 6. The Labute approximate surface area is 148 Å². The molecule has 24 heavy (non-hydrogen) atoms. The van der Waals surface area contributed by atoms with Crippen LogP contribution in [0.1, 0.15) is 29.4 Å². The Kier molecular flexibility index (Phi) is 7.68. The molecule has 0 N–H and O–H groups in total. The molecule has 0 unspecified atom stereocenters. The zero-order valence-corrected chi connectivity index (χ0v) is 15.6. The number of amidine groups is 1. The molecule has 1 amide bonds. The molecule has 6 nitrogen and oxygen atoms in total. The van der Waals surface area contributed by atoms with Crippen LogP contribution in [0.5, 0.6) is 0 Å². The number of likely N-dealkylation sites (tertiary alicyclic amines) is 1. The van der Waals surface area contributed by atoms with Crippen LogP contribution in [0.25, 0.3) is 0 Å². The molecule has 1 aliphatic rings. The lowest BCUT2D eigenvalue weighted by molar-refractivity contribution is 0.0873. The van der Waals surface area contributed by atoms with Crippen LogP contribution in [0, 0.1) is 0 Å². The molecule has 1 aromatic heterocycles. The molecule has 0 aliphatic carbocycles. The fourth-order valence-corrected chi connectivity index (χ4v) is 3.24. The lowest BCUT2D eigenvalue weighted by Crippen LogP contribution is -2.45. The predicted molar refractivity (Wildman–Crippen MR) is 96.8 cm³/mol. The van der Waals surface area contributed by atoms with Gasteiger partial charge in [0.2, 0.25) is 0 Å². The minimum Gasteiger partial charge on any atom is -0.462 e. The van der Waals surface area contributed by atoms with Crippen LogP contribution < -0.4 is 0 Å². The molecular weight excluding hydrogens is 326 g/mol. The molecule has 1 aromatic rings. The van der Waals surface area contributed by atoms with Crippen molar-refractivity contribution < 1.29 is 14.3 Å². The first-order valence-electron chi connectivity index (χ1n) is 8.40. The summed E-state index contributed by atoms with van der Waals surface area (Å²) in [7, 11) is 4.08. The highest BCUT2D eigenvalue weighted by atomic mass is 32.1. The number of hydrogen-bond donors (Lipinski definition) is 0. The van der Waals surface area contributed by atoms with Crippen LogP contribution in [0.3, 0.4) is 0 Å². The summed E-state index contributed by atoms with van der Waals surface area (Å²) in [5.74, 6) is -0.254. The minimum absolute atomic E-state index is 0.254. The quantitative estimate of drug-likeness (QED) is 0.446. The normalized spacial score (nSPS) is 17.0. The number of thiophene rings is 1. The van der Waals surface area contributed by atoms with Crippen LogP contribution in [-0.2, 0) is 9.47 Å². The van der Waals surface area contributed by atoms with E-state index in [1.165, 1.54) is 11.3 Å². The summed E-state index contributed by atoms with van der Waals surface area (Å²) >= 11 is 1.39. The van der Waals surface area contributed by atoms with Crippen LogP contribution in [0.2, 0.25) is 0 Å². The molecule has 0 saturated carbocycles. The van der Waals surface area contributed by atoms with E-state index in [4.69, 9.17) is 9.47 Å². The van der Waals surface area contributed by atoms with Gasteiger partial charge in [-0.05, 0) is 51.3 Å². The molecule has 134 valence electrons. The molecule has 0 atom stereocenters. The molecule has 1 aliphatic heterocycles. The van der Waals surface area contributed by atoms with Crippen molar-refractivity contribution in [2.45, 2.75) is 25.8 Å². The highest BCUT2D eigenvalue weighted by Gasteiger charge is 2.24. The fourth-order valence-electron chi connectivity index (χ4n) is 2.63. The van der Waals surface area contributed by atoms with Crippen molar-refractivity contribution in [2.24, 2.45) is 4.99 Å². The number of carbonyl (C=O) groups excluding carboxylic acids is 1. The molecule has 1 fully saturated rings. The van der Waals surface area contributed by atoms with Crippen molar-refractivity contribution in [3.63, 3.8) is 0 Å². The smallest absolute Gasteiger partial charge is 0.295 e. The summed E-state index contributed by atoms with van der Waals surface area (Å²) in [5, 5.41) is 1.87. The van der Waals surface area contributed by atoms with E-state index < -0.39 is 0 Å². The van der Waals surface area contributed by atoms with E-state index in [1.807, 2.05) is 30.3 Å². The number of nitrogens with zero attached hydrogens (tertiary/aromatic N) is 3. The second-order valence-corrected chi connectivity index (χ2v) is 6.82. The number of ether oxygens (including phenoxy) is 2. The molecular formula is C17H27N3O3S. The summed E-state index contributed by atoms with van der Waals surface area (Å²) in [4.78, 5) is 21.5. The topological polar surface area (TPSA) is 54.4 Å². The maximum absolute atomic E-state index is 12.3. The van der Waals surface area contributed by atoms with Gasteiger partial charge in [-0.25, -0.2) is 0 Å². The Morgan fingerprint density at radius 3 is 2.79 bits per heavy atom. The summed E-state index contributed by atoms with van der Waals surface area (Å²) in [5.41, 5.74) is 0. The zero-order valence-electron chi connectivity index (χ0n) is 14.7. The number of hydrogen-bond acceptors (Lipinski definition) is 5. The van der Waals surface area contributed by atoms with Gasteiger partial charge in [0.25, 0.3) is 11.9 Å². The molecule has 0 spiro atoms. The maximum Gasteiger partial charge on any atom is 0.295 e. The van der Waals surface area contributed by atoms with Crippen molar-refractivity contribution in [2.75, 3.05) is 47.0 Å². The van der Waals surface area contributed by atoms with E-state index in [-0.39, 0.29) is 5.91 Å². The average Bonchev–Trinajstić information content (AvgIpc) is 3.12. The largest absolute Gasteiger partial charge is 0.462 e. The SMILES string of the molecule is CCOCCOC(=NC(=O)c1cccs1)N(C)C1CCN(C)CC1. The third-order valence-electron chi connectivity index (χ3n) is 4.13. The number of amides is 1. The van der Waals surface area contributed by atoms with Gasteiger partial charge in [0.15, 0.2) is 0 Å². The van der Waals surface area contributed by atoms with Crippen molar-refractivity contribution in [3.8, 4) is 0 Å². The van der Waals surface area contributed by atoms with E-state index in [0.29, 0.717) is 36.8 Å². The second kappa shape index (κ2) is 9.76. The van der Waals surface area contributed by atoms with Gasteiger partial charge >= 0.3 is 0 Å². The maximum atomic E-state index is 12.3. The van der Waals surface area contributed by atoms with Crippen molar-refractivity contribution >= 4 is 23.3 Å². The van der Waals surface area contributed by atoms with Crippen LogP contribution >= 0.6 is 11.3 Å². The molecule has 0 aromatic carbocycles. The average molecular weight is 353 g/mol. The standard InChI is InChI=1S/C17H27N3O3S/c1-4-22-11-12-23-17(18-16(21)15-6-5-13-24-15)20(3)14-7-9-19(2)10-8-14/h5-6,13-14H,4,7-12H2,1-3H3. The highest BCUT2D eigenvalue weighted by molar-refractivity contribution is 7.12. The Balaban J connectivity index is 2.04. The van der Waals surface area contributed by atoms with E-state index >= 15 is 0 Å². The monoisotopic (exact) mass is 353 g/mol. The fraction of sp³-hybridized carbons (Fsp3) is 0.647.